The van der Waals surface area contributed by atoms with Crippen LogP contribution in [0.4, 0.5) is 0 Å². The fraction of sp³-hybridized carbons (Fsp3) is 0.742. The Balaban J connectivity index is 3.68. The zero-order chi connectivity index (χ0) is 30.4. The number of carbonyl (C=O) groups excluding carboxylic acids is 2. The van der Waals surface area contributed by atoms with Gasteiger partial charge in [-0.25, -0.2) is 4.57 Å². The Morgan fingerprint density at radius 2 is 1.39 bits per heavy atom. The van der Waals surface area contributed by atoms with E-state index in [0.29, 0.717) is 6.42 Å². The molecular weight excluding hydrogens is 545 g/mol. The van der Waals surface area contributed by atoms with E-state index in [2.05, 4.69) is 55.6 Å². The van der Waals surface area contributed by atoms with E-state index >= 15 is 0 Å². The van der Waals surface area contributed by atoms with Gasteiger partial charge in [0.15, 0.2) is 0 Å². The maximum Gasteiger partial charge on any atom is 0.472 e. The number of allylic oxidation sites excluding steroid dienone is 6. The van der Waals surface area contributed by atoms with E-state index in [9.17, 15) is 24.2 Å². The van der Waals surface area contributed by atoms with Crippen molar-refractivity contribution in [2.45, 2.75) is 123 Å². The summed E-state index contributed by atoms with van der Waals surface area (Å²) in [5.41, 5.74) is 0. The molecule has 1 amide bonds. The number of amides is 1. The number of esters is 1. The average Bonchev–Trinajstić information content (AvgIpc) is 2.95. The lowest BCUT2D eigenvalue weighted by atomic mass is 10.1. The molecule has 0 radical (unpaired) electrons. The number of aliphatic hydroxyl groups is 1. The quantitative estimate of drug-likeness (QED) is 0.0375. The molecule has 2 unspecified atom stereocenters. The predicted molar refractivity (Wildman–Crippen MR) is 164 cm³/mol. The van der Waals surface area contributed by atoms with Crippen molar-refractivity contribution in [3.8, 4) is 0 Å². The maximum absolute atomic E-state index is 11.9. The van der Waals surface area contributed by atoms with Gasteiger partial charge in [0, 0.05) is 19.4 Å². The lowest BCUT2D eigenvalue weighted by molar-refractivity contribution is -0.147. The molecule has 0 saturated carbocycles. The van der Waals surface area contributed by atoms with Crippen LogP contribution >= 0.6 is 7.82 Å². The normalized spacial score (nSPS) is 14.1. The van der Waals surface area contributed by atoms with Gasteiger partial charge in [-0.1, -0.05) is 95.2 Å². The van der Waals surface area contributed by atoms with E-state index in [1.165, 1.54) is 0 Å². The highest BCUT2D eigenvalue weighted by molar-refractivity contribution is 7.47. The summed E-state index contributed by atoms with van der Waals surface area (Å²) in [6, 6.07) is 0. The Morgan fingerprint density at radius 1 is 0.780 bits per heavy atom. The molecule has 0 aromatic heterocycles. The molecule has 2 atom stereocenters. The first kappa shape index (κ1) is 39.2. The van der Waals surface area contributed by atoms with Gasteiger partial charge < -0.3 is 20.1 Å². The topological polar surface area (TPSA) is 131 Å². The fourth-order valence-electron chi connectivity index (χ4n) is 3.74. The minimum absolute atomic E-state index is 0.0716. The molecule has 3 N–H and O–H groups in total. The summed E-state index contributed by atoms with van der Waals surface area (Å²) in [5, 5.41) is 12.5. The number of ether oxygens (including phenoxy) is 1. The molecule has 0 saturated heterocycles. The molecule has 10 heteroatoms. The van der Waals surface area contributed by atoms with E-state index in [4.69, 9.17) is 13.8 Å². The molecular formula is C31H56NO8P. The molecule has 0 aromatic rings. The van der Waals surface area contributed by atoms with Crippen molar-refractivity contribution < 1.29 is 37.9 Å². The highest BCUT2D eigenvalue weighted by atomic mass is 31.2. The Morgan fingerprint density at radius 3 is 2.10 bits per heavy atom. The lowest BCUT2D eigenvalue weighted by Gasteiger charge is -2.15. The van der Waals surface area contributed by atoms with Gasteiger partial charge in [-0.05, 0) is 44.9 Å². The first-order chi connectivity index (χ1) is 19.8. The summed E-state index contributed by atoms with van der Waals surface area (Å²) < 4.78 is 26.4. The maximum atomic E-state index is 11.9. The van der Waals surface area contributed by atoms with Gasteiger partial charge in [-0.15, -0.1) is 0 Å². The fourth-order valence-corrected chi connectivity index (χ4v) is 4.50. The first-order valence-corrected chi connectivity index (χ1v) is 17.0. The summed E-state index contributed by atoms with van der Waals surface area (Å²) in [7, 11) is -4.40. The molecule has 0 aliphatic rings. The highest BCUT2D eigenvalue weighted by Crippen LogP contribution is 2.42. The predicted octanol–water partition coefficient (Wildman–Crippen LogP) is 7.09. The van der Waals surface area contributed by atoms with E-state index in [0.717, 1.165) is 89.9 Å². The van der Waals surface area contributed by atoms with Crippen LogP contribution in [0.3, 0.4) is 0 Å². The van der Waals surface area contributed by atoms with Crippen molar-refractivity contribution in [3.05, 3.63) is 36.5 Å². The Bertz CT molecular complexity index is 784. The van der Waals surface area contributed by atoms with Gasteiger partial charge in [0.05, 0.1) is 13.2 Å². The van der Waals surface area contributed by atoms with Crippen LogP contribution in [0.5, 0.6) is 0 Å². The molecule has 0 aromatic carbocycles. The van der Waals surface area contributed by atoms with Crippen molar-refractivity contribution >= 4 is 19.7 Å². The number of hydrogen-bond acceptors (Lipinski definition) is 7. The SMILES string of the molecule is CC/C=C\C/C=C\C/C=C\CCCCCCCC(=O)NCCOP(=O)(O)OCC(O)COC(=O)CCCCCCC. The number of unbranched alkanes of at least 4 members (excludes halogenated alkanes) is 9. The number of aliphatic hydroxyl groups excluding tert-OH is 1. The van der Waals surface area contributed by atoms with Crippen LogP contribution in [-0.2, 0) is 27.9 Å². The van der Waals surface area contributed by atoms with Crippen LogP contribution < -0.4 is 5.32 Å². The second-order valence-electron chi connectivity index (χ2n) is 10.0. The Hall–Kier alpha value is -1.77. The van der Waals surface area contributed by atoms with Crippen molar-refractivity contribution in [1.29, 1.82) is 0 Å². The number of rotatable bonds is 28. The zero-order valence-corrected chi connectivity index (χ0v) is 26.4. The van der Waals surface area contributed by atoms with Gasteiger partial charge in [0.25, 0.3) is 0 Å². The number of carbonyl (C=O) groups is 2. The Labute approximate surface area is 248 Å². The van der Waals surface area contributed by atoms with Gasteiger partial charge in [0.2, 0.25) is 5.91 Å². The molecule has 9 nitrogen and oxygen atoms in total. The molecule has 0 fully saturated rings. The molecule has 0 rings (SSSR count). The third kappa shape index (κ3) is 29.5. The highest BCUT2D eigenvalue weighted by Gasteiger charge is 2.23. The van der Waals surface area contributed by atoms with Crippen molar-refractivity contribution in [2.75, 3.05) is 26.4 Å². The van der Waals surface area contributed by atoms with Crippen molar-refractivity contribution in [3.63, 3.8) is 0 Å². The average molecular weight is 602 g/mol. The second kappa shape index (κ2) is 28.4. The third-order valence-electron chi connectivity index (χ3n) is 6.08. The van der Waals surface area contributed by atoms with E-state index in [-0.39, 0.29) is 32.1 Å². The summed E-state index contributed by atoms with van der Waals surface area (Å²) in [6.07, 6.45) is 26.9. The smallest absolute Gasteiger partial charge is 0.463 e. The van der Waals surface area contributed by atoms with Gasteiger partial charge in [0.1, 0.15) is 12.7 Å². The van der Waals surface area contributed by atoms with Gasteiger partial charge >= 0.3 is 13.8 Å². The summed E-state index contributed by atoms with van der Waals surface area (Å²) in [5.74, 6) is -0.552. The molecule has 0 bridgehead atoms. The Kier molecular flexibility index (Phi) is 27.1. The summed E-state index contributed by atoms with van der Waals surface area (Å²) >= 11 is 0. The van der Waals surface area contributed by atoms with Crippen molar-refractivity contribution in [2.24, 2.45) is 0 Å². The lowest BCUT2D eigenvalue weighted by Crippen LogP contribution is -2.27. The van der Waals surface area contributed by atoms with Crippen LogP contribution in [0.15, 0.2) is 36.5 Å². The molecule has 0 aliphatic carbocycles. The monoisotopic (exact) mass is 601 g/mol. The molecule has 41 heavy (non-hydrogen) atoms. The first-order valence-electron chi connectivity index (χ1n) is 15.5. The summed E-state index contributed by atoms with van der Waals surface area (Å²) in [6.45, 7) is 3.27. The number of nitrogens with one attached hydrogen (secondary N) is 1. The minimum Gasteiger partial charge on any atom is -0.463 e. The number of phosphoric ester groups is 1. The molecule has 0 spiro atoms. The van der Waals surface area contributed by atoms with Crippen LogP contribution in [0.25, 0.3) is 0 Å². The van der Waals surface area contributed by atoms with E-state index < -0.39 is 26.5 Å². The number of hydrogen-bond donors (Lipinski definition) is 3. The molecule has 0 heterocycles. The van der Waals surface area contributed by atoms with Crippen LogP contribution in [0.2, 0.25) is 0 Å². The van der Waals surface area contributed by atoms with Gasteiger partial charge in [-0.3, -0.25) is 18.6 Å². The molecule has 238 valence electrons. The van der Waals surface area contributed by atoms with E-state index in [1.807, 2.05) is 0 Å². The standard InChI is InChI=1S/C31H56NO8P/c1-3-5-7-9-10-11-12-13-14-15-16-17-18-20-21-23-30(34)32-25-26-39-41(36,37)40-28-29(33)27-38-31(35)24-22-19-8-6-4-2/h5,7,10-11,13-14,29,33H,3-4,6,8-9,12,15-28H2,1-2H3,(H,32,34)(H,36,37)/b7-5-,11-10-,14-13-. The van der Waals surface area contributed by atoms with Crippen LogP contribution in [0, 0.1) is 0 Å². The number of phosphoric acid groups is 1. The molecule has 0 aliphatic heterocycles. The zero-order valence-electron chi connectivity index (χ0n) is 25.5. The van der Waals surface area contributed by atoms with Crippen molar-refractivity contribution in [1.82, 2.24) is 5.32 Å². The van der Waals surface area contributed by atoms with E-state index in [1.54, 1.807) is 0 Å². The van der Waals surface area contributed by atoms with Gasteiger partial charge in [-0.2, -0.15) is 0 Å². The largest absolute Gasteiger partial charge is 0.472 e. The second-order valence-corrected chi connectivity index (χ2v) is 11.5. The minimum atomic E-state index is -4.40. The third-order valence-corrected chi connectivity index (χ3v) is 7.07. The van der Waals surface area contributed by atoms with Crippen LogP contribution in [0.1, 0.15) is 117 Å². The summed E-state index contributed by atoms with van der Waals surface area (Å²) in [4.78, 5) is 33.3. The van der Waals surface area contributed by atoms with Crippen LogP contribution in [-0.4, -0.2) is 54.3 Å².